The molecule has 2 aromatic rings. The van der Waals surface area contributed by atoms with E-state index in [0.717, 1.165) is 9.37 Å². The largest absolute Gasteiger partial charge is 0.492 e. The van der Waals surface area contributed by atoms with Crippen molar-refractivity contribution < 1.29 is 9.53 Å². The zero-order valence-electron chi connectivity index (χ0n) is 11.0. The molecule has 0 aliphatic carbocycles. The third kappa shape index (κ3) is 4.35. The minimum absolute atomic E-state index is 0.0454. The standard InChI is InChI=1S/C15H14BrNO2S/c1-2-19-13-6-11(8-17-9-13)15(18)10-20-14-5-3-4-12(16)7-14/h3-9H,2,10H2,1H3. The van der Waals surface area contributed by atoms with E-state index in [-0.39, 0.29) is 5.78 Å². The van der Waals surface area contributed by atoms with Crippen molar-refractivity contribution >= 4 is 33.5 Å². The number of ether oxygens (including phenoxy) is 1. The van der Waals surface area contributed by atoms with Crippen molar-refractivity contribution in [2.75, 3.05) is 12.4 Å². The van der Waals surface area contributed by atoms with Crippen molar-refractivity contribution in [3.63, 3.8) is 0 Å². The van der Waals surface area contributed by atoms with Crippen molar-refractivity contribution in [1.29, 1.82) is 0 Å². The third-order valence-electron chi connectivity index (χ3n) is 2.51. The molecule has 0 saturated heterocycles. The third-order valence-corrected chi connectivity index (χ3v) is 4.00. The molecule has 0 spiro atoms. The first kappa shape index (κ1) is 15.1. The molecule has 0 bridgehead atoms. The van der Waals surface area contributed by atoms with Crippen molar-refractivity contribution in [3.8, 4) is 5.75 Å². The predicted molar refractivity (Wildman–Crippen MR) is 84.6 cm³/mol. The van der Waals surface area contributed by atoms with E-state index < -0.39 is 0 Å². The summed E-state index contributed by atoms with van der Waals surface area (Å²) in [5.41, 5.74) is 0.582. The van der Waals surface area contributed by atoms with E-state index >= 15 is 0 Å². The summed E-state index contributed by atoms with van der Waals surface area (Å²) in [7, 11) is 0. The van der Waals surface area contributed by atoms with Crippen LogP contribution >= 0.6 is 27.7 Å². The van der Waals surface area contributed by atoms with Crippen molar-refractivity contribution in [3.05, 3.63) is 52.8 Å². The first-order valence-corrected chi connectivity index (χ1v) is 7.96. The molecule has 1 heterocycles. The zero-order valence-corrected chi connectivity index (χ0v) is 13.4. The number of pyridine rings is 1. The minimum Gasteiger partial charge on any atom is -0.492 e. The van der Waals surface area contributed by atoms with Crippen LogP contribution in [0.15, 0.2) is 52.1 Å². The maximum Gasteiger partial charge on any atom is 0.174 e. The van der Waals surface area contributed by atoms with Crippen LogP contribution < -0.4 is 4.74 Å². The molecule has 0 N–H and O–H groups in total. The lowest BCUT2D eigenvalue weighted by atomic mass is 10.2. The normalized spacial score (nSPS) is 10.3. The van der Waals surface area contributed by atoms with E-state index in [1.807, 2.05) is 31.2 Å². The van der Waals surface area contributed by atoms with Gasteiger partial charge in [0.2, 0.25) is 0 Å². The van der Waals surface area contributed by atoms with Gasteiger partial charge in [-0.2, -0.15) is 0 Å². The van der Waals surface area contributed by atoms with Gasteiger partial charge in [0.05, 0.1) is 18.6 Å². The molecule has 0 unspecified atom stereocenters. The number of hydrogen-bond donors (Lipinski definition) is 0. The maximum absolute atomic E-state index is 12.1. The second kappa shape index (κ2) is 7.45. The molecule has 0 fully saturated rings. The number of hydrogen-bond acceptors (Lipinski definition) is 4. The van der Waals surface area contributed by atoms with Gasteiger partial charge in [0.25, 0.3) is 0 Å². The Balaban J connectivity index is 1.99. The molecule has 5 heteroatoms. The van der Waals surface area contributed by atoms with Crippen LogP contribution in [-0.4, -0.2) is 23.1 Å². The number of thioether (sulfide) groups is 1. The molecule has 0 aliphatic heterocycles. The average molecular weight is 352 g/mol. The van der Waals surface area contributed by atoms with Crippen LogP contribution in [-0.2, 0) is 0 Å². The van der Waals surface area contributed by atoms with Crippen LogP contribution in [0.4, 0.5) is 0 Å². The second-order valence-electron chi connectivity index (χ2n) is 4.01. The Morgan fingerprint density at radius 1 is 1.35 bits per heavy atom. The quantitative estimate of drug-likeness (QED) is 0.577. The molecular formula is C15H14BrNO2S. The summed E-state index contributed by atoms with van der Waals surface area (Å²) in [5, 5.41) is 0. The number of halogens is 1. The monoisotopic (exact) mass is 351 g/mol. The first-order chi connectivity index (χ1) is 9.69. The molecule has 0 amide bonds. The van der Waals surface area contributed by atoms with Crippen LogP contribution in [0, 0.1) is 0 Å². The SMILES string of the molecule is CCOc1cncc(C(=O)CSc2cccc(Br)c2)c1. The molecule has 2 rings (SSSR count). The summed E-state index contributed by atoms with van der Waals surface area (Å²) < 4.78 is 6.36. The average Bonchev–Trinajstić information content (AvgIpc) is 2.45. The van der Waals surface area contributed by atoms with Gasteiger partial charge in [-0.1, -0.05) is 22.0 Å². The highest BCUT2D eigenvalue weighted by atomic mass is 79.9. The van der Waals surface area contributed by atoms with Crippen molar-refractivity contribution in [2.24, 2.45) is 0 Å². The molecular weight excluding hydrogens is 338 g/mol. The lowest BCUT2D eigenvalue weighted by molar-refractivity contribution is 0.102. The molecule has 0 atom stereocenters. The zero-order chi connectivity index (χ0) is 14.4. The Hall–Kier alpha value is -1.33. The van der Waals surface area contributed by atoms with Gasteiger partial charge in [-0.3, -0.25) is 9.78 Å². The Labute approximate surface area is 130 Å². The van der Waals surface area contributed by atoms with Crippen molar-refractivity contribution in [1.82, 2.24) is 4.98 Å². The molecule has 3 nitrogen and oxygen atoms in total. The number of aromatic nitrogens is 1. The second-order valence-corrected chi connectivity index (χ2v) is 5.98. The van der Waals surface area contributed by atoms with Crippen molar-refractivity contribution in [2.45, 2.75) is 11.8 Å². The van der Waals surface area contributed by atoms with Crippen LogP contribution in [0.5, 0.6) is 5.75 Å². The fourth-order valence-electron chi connectivity index (χ4n) is 1.61. The lowest BCUT2D eigenvalue weighted by Crippen LogP contribution is -2.04. The molecule has 20 heavy (non-hydrogen) atoms. The fourth-order valence-corrected chi connectivity index (χ4v) is 3.01. The number of carbonyl (C=O) groups is 1. The highest BCUT2D eigenvalue weighted by Crippen LogP contribution is 2.23. The van der Waals surface area contributed by atoms with Gasteiger partial charge in [-0.05, 0) is 31.2 Å². The Bertz CT molecular complexity index is 604. The van der Waals surface area contributed by atoms with Gasteiger partial charge in [0, 0.05) is 21.1 Å². The molecule has 0 saturated carbocycles. The molecule has 0 aliphatic rings. The number of nitrogens with zero attached hydrogens (tertiary/aromatic N) is 1. The Kier molecular flexibility index (Phi) is 5.61. The highest BCUT2D eigenvalue weighted by Gasteiger charge is 2.08. The van der Waals surface area contributed by atoms with Gasteiger partial charge < -0.3 is 4.74 Å². The van der Waals surface area contributed by atoms with Gasteiger partial charge in [0.15, 0.2) is 5.78 Å². The minimum atomic E-state index is 0.0454. The van der Waals surface area contributed by atoms with Crippen LogP contribution in [0.2, 0.25) is 0 Å². The predicted octanol–water partition coefficient (Wildman–Crippen LogP) is 4.22. The summed E-state index contributed by atoms with van der Waals surface area (Å²) in [6.07, 6.45) is 3.19. The van der Waals surface area contributed by atoms with E-state index in [1.165, 1.54) is 11.8 Å². The summed E-state index contributed by atoms with van der Waals surface area (Å²) >= 11 is 4.92. The topological polar surface area (TPSA) is 39.2 Å². The van der Waals surface area contributed by atoms with Gasteiger partial charge in [0.1, 0.15) is 5.75 Å². The summed E-state index contributed by atoms with van der Waals surface area (Å²) in [4.78, 5) is 17.2. The van der Waals surface area contributed by atoms with E-state index in [4.69, 9.17) is 4.74 Å². The molecule has 0 radical (unpaired) electrons. The van der Waals surface area contributed by atoms with E-state index in [9.17, 15) is 4.79 Å². The first-order valence-electron chi connectivity index (χ1n) is 6.18. The summed E-state index contributed by atoms with van der Waals surface area (Å²) in [5.74, 6) is 1.06. The summed E-state index contributed by atoms with van der Waals surface area (Å²) in [6.45, 7) is 2.46. The molecule has 1 aromatic carbocycles. The van der Waals surface area contributed by atoms with Crippen LogP contribution in [0.25, 0.3) is 0 Å². The van der Waals surface area contributed by atoms with Crippen LogP contribution in [0.1, 0.15) is 17.3 Å². The fraction of sp³-hybridized carbons (Fsp3) is 0.200. The highest BCUT2D eigenvalue weighted by molar-refractivity contribution is 9.10. The number of benzene rings is 1. The number of ketones is 1. The van der Waals surface area contributed by atoms with Crippen LogP contribution in [0.3, 0.4) is 0 Å². The number of carbonyl (C=O) groups excluding carboxylic acids is 1. The molecule has 1 aromatic heterocycles. The van der Waals surface area contributed by atoms with E-state index in [2.05, 4.69) is 20.9 Å². The molecule has 104 valence electrons. The van der Waals surface area contributed by atoms with Gasteiger partial charge >= 0.3 is 0 Å². The van der Waals surface area contributed by atoms with Gasteiger partial charge in [-0.15, -0.1) is 11.8 Å². The number of rotatable bonds is 6. The Morgan fingerprint density at radius 3 is 2.95 bits per heavy atom. The Morgan fingerprint density at radius 2 is 2.20 bits per heavy atom. The number of Topliss-reactive ketones (excluding diaryl/α,β-unsaturated/α-hetero) is 1. The summed E-state index contributed by atoms with van der Waals surface area (Å²) in [6, 6.07) is 9.63. The maximum atomic E-state index is 12.1. The lowest BCUT2D eigenvalue weighted by Gasteiger charge is -2.05. The van der Waals surface area contributed by atoms with E-state index in [0.29, 0.717) is 23.7 Å². The van der Waals surface area contributed by atoms with Gasteiger partial charge in [-0.25, -0.2) is 0 Å². The van der Waals surface area contributed by atoms with E-state index in [1.54, 1.807) is 18.5 Å². The smallest absolute Gasteiger partial charge is 0.174 e.